The van der Waals surface area contributed by atoms with Crippen LogP contribution >= 0.6 is 0 Å². The molecule has 3 heterocycles. The molecule has 32 heavy (non-hydrogen) atoms. The number of benzene rings is 1. The van der Waals surface area contributed by atoms with Gasteiger partial charge in [0.15, 0.2) is 5.69 Å². The number of rotatable bonds is 2. The molecule has 0 atom stereocenters. The predicted octanol–water partition coefficient (Wildman–Crippen LogP) is 2.05. The lowest BCUT2D eigenvalue weighted by Crippen LogP contribution is -2.14. The molecular formula is C22H32N8O2. The number of imidazole rings is 1. The molecule has 172 valence electrons. The number of anilines is 1. The van der Waals surface area contributed by atoms with Crippen molar-refractivity contribution in [2.45, 2.75) is 21.3 Å². The summed E-state index contributed by atoms with van der Waals surface area (Å²) < 4.78 is 5.22. The zero-order valence-electron chi connectivity index (χ0n) is 18.3. The van der Waals surface area contributed by atoms with Crippen LogP contribution in [0.2, 0.25) is 0 Å². The van der Waals surface area contributed by atoms with Crippen LogP contribution in [-0.4, -0.2) is 35.7 Å². The van der Waals surface area contributed by atoms with Gasteiger partial charge in [-0.05, 0) is 43.2 Å². The molecule has 1 aromatic carbocycles. The van der Waals surface area contributed by atoms with Crippen LogP contribution in [0.4, 0.5) is 5.82 Å². The Hall–Kier alpha value is -4.08. The van der Waals surface area contributed by atoms with Crippen LogP contribution in [0.3, 0.4) is 0 Å². The molecule has 2 amide bonds. The van der Waals surface area contributed by atoms with Crippen molar-refractivity contribution in [1.29, 1.82) is 0 Å². The minimum absolute atomic E-state index is 0. The van der Waals surface area contributed by atoms with Crippen molar-refractivity contribution >= 4 is 28.5 Å². The second kappa shape index (κ2) is 10.8. The van der Waals surface area contributed by atoms with Crippen LogP contribution in [-0.2, 0) is 21.1 Å². The Balaban J connectivity index is 0.000000239. The topological polar surface area (TPSA) is 153 Å². The van der Waals surface area contributed by atoms with Gasteiger partial charge in [0.25, 0.3) is 11.8 Å². The van der Waals surface area contributed by atoms with E-state index in [1.165, 1.54) is 37.6 Å². The van der Waals surface area contributed by atoms with Crippen LogP contribution in [0.5, 0.6) is 0 Å². The van der Waals surface area contributed by atoms with Crippen molar-refractivity contribution in [3.8, 4) is 0 Å². The highest BCUT2D eigenvalue weighted by atomic mass is 16.1. The summed E-state index contributed by atoms with van der Waals surface area (Å²) in [6, 6.07) is 8.19. The van der Waals surface area contributed by atoms with E-state index in [0.29, 0.717) is 11.5 Å². The normalized spacial score (nSPS) is 9.78. The van der Waals surface area contributed by atoms with Gasteiger partial charge in [0.1, 0.15) is 11.5 Å². The van der Waals surface area contributed by atoms with Gasteiger partial charge in [-0.25, -0.2) is 4.98 Å². The number of aromatic nitrogens is 5. The number of nitrogens with zero attached hydrogens (tertiary/aromatic N) is 5. The monoisotopic (exact) mass is 440 g/mol. The van der Waals surface area contributed by atoms with E-state index < -0.39 is 11.8 Å². The molecule has 0 aliphatic rings. The standard InChI is InChI=1S/C11H13N.C5H8N4O.C5H7N3O.CH4/c1-8-6-9(2)10-4-5-12(3)11(10)7-8;1-9-2-8-3(4(9)6)5(7)10;1-8-3-2-4(7-8)5(6)9;/h4-7H,1-3H3;2H,6H2,1H3,(H2,7,10);2-3H,1H3,(H2,6,9);1H4. The number of amides is 2. The first-order valence-electron chi connectivity index (χ1n) is 9.39. The van der Waals surface area contributed by atoms with Crippen LogP contribution < -0.4 is 17.2 Å². The minimum Gasteiger partial charge on any atom is -0.383 e. The van der Waals surface area contributed by atoms with Crippen LogP contribution in [0.15, 0.2) is 43.0 Å². The molecule has 4 aromatic rings. The molecule has 0 fully saturated rings. The lowest BCUT2D eigenvalue weighted by molar-refractivity contribution is 0.0987. The molecule has 0 bridgehead atoms. The third-order valence-corrected chi connectivity index (χ3v) is 4.54. The molecule has 3 aromatic heterocycles. The zero-order chi connectivity index (χ0) is 23.3. The van der Waals surface area contributed by atoms with Crippen molar-refractivity contribution in [3.05, 3.63) is 65.5 Å². The van der Waals surface area contributed by atoms with Gasteiger partial charge in [-0.1, -0.05) is 13.5 Å². The van der Waals surface area contributed by atoms with E-state index in [0.717, 1.165) is 0 Å². The number of carbonyl (C=O) groups is 2. The van der Waals surface area contributed by atoms with E-state index in [9.17, 15) is 9.59 Å². The number of hydrogen-bond donors (Lipinski definition) is 3. The van der Waals surface area contributed by atoms with Gasteiger partial charge < -0.3 is 26.3 Å². The van der Waals surface area contributed by atoms with Crippen molar-refractivity contribution in [3.63, 3.8) is 0 Å². The third-order valence-electron chi connectivity index (χ3n) is 4.54. The SMILES string of the molecule is C.Cc1cc(C)c2ccn(C)c2c1.Cn1ccc(C(N)=O)n1.Cn1cnc(C(N)=O)c1N. The molecule has 0 aliphatic carbocycles. The third kappa shape index (κ3) is 6.21. The predicted molar refractivity (Wildman–Crippen MR) is 127 cm³/mol. The van der Waals surface area contributed by atoms with Crippen LogP contribution in [0.25, 0.3) is 10.9 Å². The van der Waals surface area contributed by atoms with E-state index >= 15 is 0 Å². The highest BCUT2D eigenvalue weighted by Gasteiger charge is 2.09. The van der Waals surface area contributed by atoms with Crippen molar-refractivity contribution in [2.75, 3.05) is 5.73 Å². The van der Waals surface area contributed by atoms with Crippen molar-refractivity contribution < 1.29 is 9.59 Å². The Kier molecular flexibility index (Phi) is 8.76. The van der Waals surface area contributed by atoms with Gasteiger partial charge in [0, 0.05) is 44.4 Å². The summed E-state index contributed by atoms with van der Waals surface area (Å²) in [5, 5.41) is 5.12. The molecule has 0 saturated heterocycles. The number of hydrogen-bond acceptors (Lipinski definition) is 5. The van der Waals surface area contributed by atoms with E-state index in [1.807, 2.05) is 0 Å². The van der Waals surface area contributed by atoms with Gasteiger partial charge >= 0.3 is 0 Å². The summed E-state index contributed by atoms with van der Waals surface area (Å²) in [5.41, 5.74) is 19.7. The first-order chi connectivity index (χ1) is 14.5. The first kappa shape index (κ1) is 26.0. The summed E-state index contributed by atoms with van der Waals surface area (Å²) in [4.78, 5) is 24.5. The summed E-state index contributed by atoms with van der Waals surface area (Å²) in [6.45, 7) is 4.30. The zero-order valence-corrected chi connectivity index (χ0v) is 18.3. The average molecular weight is 441 g/mol. The molecule has 6 N–H and O–H groups in total. The Morgan fingerprint density at radius 1 is 0.938 bits per heavy atom. The number of nitrogens with two attached hydrogens (primary N) is 3. The highest BCUT2D eigenvalue weighted by molar-refractivity contribution is 5.95. The minimum atomic E-state index is -0.599. The maximum atomic E-state index is 10.5. The van der Waals surface area contributed by atoms with Crippen molar-refractivity contribution in [1.82, 2.24) is 23.9 Å². The number of fused-ring (bicyclic) bond motifs is 1. The Labute approximate surface area is 187 Å². The quantitative estimate of drug-likeness (QED) is 0.435. The number of carbonyl (C=O) groups excluding carboxylic acids is 2. The fourth-order valence-electron chi connectivity index (χ4n) is 2.91. The lowest BCUT2D eigenvalue weighted by atomic mass is 10.1. The molecule has 0 spiro atoms. The molecule has 10 heteroatoms. The average Bonchev–Trinajstić information content (AvgIpc) is 3.37. The van der Waals surface area contributed by atoms with Gasteiger partial charge in [-0.3, -0.25) is 14.3 Å². The summed E-state index contributed by atoms with van der Waals surface area (Å²) >= 11 is 0. The second-order valence-electron chi connectivity index (χ2n) is 7.13. The summed E-state index contributed by atoms with van der Waals surface area (Å²) in [6.07, 6.45) is 5.21. The fraction of sp³-hybridized carbons (Fsp3) is 0.273. The molecular weight excluding hydrogens is 408 g/mol. The maximum Gasteiger partial charge on any atom is 0.271 e. The van der Waals surface area contributed by atoms with E-state index in [-0.39, 0.29) is 13.1 Å². The largest absolute Gasteiger partial charge is 0.383 e. The van der Waals surface area contributed by atoms with Gasteiger partial charge in [0.05, 0.1) is 6.33 Å². The Morgan fingerprint density at radius 3 is 2.00 bits per heavy atom. The number of primary amides is 2. The molecule has 0 unspecified atom stereocenters. The van der Waals surface area contributed by atoms with Crippen LogP contribution in [0.1, 0.15) is 39.5 Å². The Bertz CT molecular complexity index is 1220. The van der Waals surface area contributed by atoms with E-state index in [4.69, 9.17) is 17.2 Å². The fourth-order valence-corrected chi connectivity index (χ4v) is 2.91. The van der Waals surface area contributed by atoms with Gasteiger partial charge in [0.2, 0.25) is 0 Å². The molecule has 0 radical (unpaired) electrons. The molecule has 4 rings (SSSR count). The van der Waals surface area contributed by atoms with E-state index in [1.54, 1.807) is 26.4 Å². The van der Waals surface area contributed by atoms with Gasteiger partial charge in [-0.15, -0.1) is 0 Å². The lowest BCUT2D eigenvalue weighted by Gasteiger charge is -2.01. The highest BCUT2D eigenvalue weighted by Crippen LogP contribution is 2.20. The molecule has 10 nitrogen and oxygen atoms in total. The molecule has 0 saturated carbocycles. The van der Waals surface area contributed by atoms with E-state index in [2.05, 4.69) is 59.9 Å². The second-order valence-corrected chi connectivity index (χ2v) is 7.13. The first-order valence-corrected chi connectivity index (χ1v) is 9.39. The van der Waals surface area contributed by atoms with Crippen LogP contribution in [0, 0.1) is 13.8 Å². The molecule has 0 aliphatic heterocycles. The summed E-state index contributed by atoms with van der Waals surface area (Å²) in [5.74, 6) is -0.791. The van der Waals surface area contributed by atoms with Gasteiger partial charge in [-0.2, -0.15) is 5.10 Å². The number of nitrogen functional groups attached to an aromatic ring is 1. The Morgan fingerprint density at radius 2 is 1.59 bits per heavy atom. The number of aryl methyl sites for hydroxylation is 5. The maximum absolute atomic E-state index is 10.5. The summed E-state index contributed by atoms with van der Waals surface area (Å²) in [7, 11) is 5.50. The van der Waals surface area contributed by atoms with Crippen molar-refractivity contribution in [2.24, 2.45) is 32.6 Å². The smallest absolute Gasteiger partial charge is 0.271 e.